The molecule has 1 aliphatic heterocycles. The molecule has 1 atom stereocenters. The molecule has 0 radical (unpaired) electrons. The number of rotatable bonds is 3. The third-order valence-electron chi connectivity index (χ3n) is 5.55. The highest BCUT2D eigenvalue weighted by Gasteiger charge is 2.42. The summed E-state index contributed by atoms with van der Waals surface area (Å²) < 4.78 is 27.8. The molecule has 6 nitrogen and oxygen atoms in total. The van der Waals surface area contributed by atoms with Crippen LogP contribution in [0.3, 0.4) is 0 Å². The van der Waals surface area contributed by atoms with Crippen molar-refractivity contribution in [3.63, 3.8) is 0 Å². The Hall–Kier alpha value is -2.64. The van der Waals surface area contributed by atoms with E-state index in [1.54, 1.807) is 24.3 Å². The molecule has 0 spiro atoms. The first-order valence-electron chi connectivity index (χ1n) is 9.55. The summed E-state index contributed by atoms with van der Waals surface area (Å²) in [7, 11) is -3.97. The minimum Gasteiger partial charge on any atom is -0.480 e. The summed E-state index contributed by atoms with van der Waals surface area (Å²) in [5.74, 6) is -1.19. The summed E-state index contributed by atoms with van der Waals surface area (Å²) in [4.78, 5) is 15.4. The van der Waals surface area contributed by atoms with Gasteiger partial charge < -0.3 is 10.1 Å². The van der Waals surface area contributed by atoms with Crippen LogP contribution in [0.4, 0.5) is 0 Å². The highest BCUT2D eigenvalue weighted by Crippen LogP contribution is 2.38. The number of hydrogen-bond acceptors (Lipinski definition) is 3. The summed E-state index contributed by atoms with van der Waals surface area (Å²) in [6, 6.07) is 13.0. The molecule has 7 heteroatoms. The van der Waals surface area contributed by atoms with Gasteiger partial charge in [0.05, 0.1) is 4.90 Å². The predicted molar refractivity (Wildman–Crippen MR) is 111 cm³/mol. The molecule has 1 aliphatic rings. The van der Waals surface area contributed by atoms with E-state index in [-0.39, 0.29) is 16.9 Å². The molecule has 1 unspecified atom stereocenters. The number of benzene rings is 2. The summed E-state index contributed by atoms with van der Waals surface area (Å²) in [6.07, 6.45) is 0.461. The number of nitrogens with one attached hydrogen (secondary N) is 1. The maximum atomic E-state index is 13.3. The number of carboxylic acid groups (broad SMARTS) is 1. The Kier molecular flexibility index (Phi) is 4.55. The van der Waals surface area contributed by atoms with Crippen molar-refractivity contribution in [2.24, 2.45) is 0 Å². The molecule has 0 fully saturated rings. The second-order valence-electron chi connectivity index (χ2n) is 8.44. The second kappa shape index (κ2) is 6.71. The van der Waals surface area contributed by atoms with Gasteiger partial charge in [-0.1, -0.05) is 51.1 Å². The number of fused-ring (bicyclic) bond motifs is 3. The van der Waals surface area contributed by atoms with Crippen LogP contribution in [0.25, 0.3) is 10.9 Å². The fraction of sp³-hybridized carbons (Fsp3) is 0.318. The van der Waals surface area contributed by atoms with Crippen molar-refractivity contribution in [1.29, 1.82) is 0 Å². The van der Waals surface area contributed by atoms with E-state index in [4.69, 9.17) is 0 Å². The molecule has 0 amide bonds. The zero-order valence-corrected chi connectivity index (χ0v) is 17.5. The van der Waals surface area contributed by atoms with Gasteiger partial charge in [-0.05, 0) is 41.2 Å². The van der Waals surface area contributed by atoms with Gasteiger partial charge in [0.1, 0.15) is 0 Å². The zero-order valence-electron chi connectivity index (χ0n) is 16.6. The van der Waals surface area contributed by atoms with E-state index in [9.17, 15) is 18.3 Å². The third kappa shape index (κ3) is 3.24. The van der Waals surface area contributed by atoms with Gasteiger partial charge in [0, 0.05) is 23.1 Å². The third-order valence-corrected chi connectivity index (χ3v) is 7.43. The second-order valence-corrected chi connectivity index (χ2v) is 10.3. The number of para-hydroxylation sites is 1. The van der Waals surface area contributed by atoms with Gasteiger partial charge in [0.2, 0.25) is 10.0 Å². The van der Waals surface area contributed by atoms with E-state index >= 15 is 0 Å². The molecule has 0 bridgehead atoms. The van der Waals surface area contributed by atoms with Crippen LogP contribution in [0.15, 0.2) is 53.4 Å². The lowest BCUT2D eigenvalue weighted by molar-refractivity contribution is -0.142. The number of hydrogen-bond donors (Lipinski definition) is 2. The maximum absolute atomic E-state index is 13.3. The molecule has 29 heavy (non-hydrogen) atoms. The molecule has 0 saturated carbocycles. The molecule has 4 rings (SSSR count). The number of H-pyrrole nitrogens is 1. The summed E-state index contributed by atoms with van der Waals surface area (Å²) in [5.41, 5.74) is 3.05. The normalized spacial score (nSPS) is 18.0. The first-order valence-corrected chi connectivity index (χ1v) is 11.0. The molecule has 152 valence electrons. The fourth-order valence-corrected chi connectivity index (χ4v) is 5.54. The minimum absolute atomic E-state index is 0.101. The van der Waals surface area contributed by atoms with Crippen LogP contribution in [0, 0.1) is 0 Å². The SMILES string of the molecule is CC(C)(C)c1ccc(S(=O)(=O)N2CCc3c([nH]c4ccccc34)C2C(=O)O)cc1. The Balaban J connectivity index is 1.78. The van der Waals surface area contributed by atoms with Crippen LogP contribution in [0.2, 0.25) is 0 Å². The first kappa shape index (κ1) is 19.7. The summed E-state index contributed by atoms with van der Waals surface area (Å²) >= 11 is 0. The van der Waals surface area contributed by atoms with Crippen molar-refractivity contribution in [3.8, 4) is 0 Å². The van der Waals surface area contributed by atoms with Crippen molar-refractivity contribution in [1.82, 2.24) is 9.29 Å². The number of nitrogens with zero attached hydrogens (tertiary/aromatic N) is 1. The van der Waals surface area contributed by atoms with Crippen LogP contribution < -0.4 is 0 Å². The number of aromatic amines is 1. The van der Waals surface area contributed by atoms with Crippen molar-refractivity contribution < 1.29 is 18.3 Å². The van der Waals surface area contributed by atoms with Gasteiger partial charge in [-0.15, -0.1) is 0 Å². The van der Waals surface area contributed by atoms with Gasteiger partial charge in [-0.25, -0.2) is 8.42 Å². The molecule has 3 aromatic rings. The summed E-state index contributed by atoms with van der Waals surface area (Å²) in [6.45, 7) is 6.28. The number of carboxylic acids is 1. The average molecular weight is 413 g/mol. The van der Waals surface area contributed by atoms with Crippen molar-refractivity contribution in [2.75, 3.05) is 6.54 Å². The average Bonchev–Trinajstić information content (AvgIpc) is 3.05. The fourth-order valence-electron chi connectivity index (χ4n) is 3.99. The maximum Gasteiger partial charge on any atom is 0.328 e. The van der Waals surface area contributed by atoms with Gasteiger partial charge in [-0.2, -0.15) is 4.31 Å². The van der Waals surface area contributed by atoms with E-state index in [2.05, 4.69) is 25.8 Å². The molecule has 1 aromatic heterocycles. The Morgan fingerprint density at radius 1 is 1.10 bits per heavy atom. The Bertz CT molecular complexity index is 1190. The van der Waals surface area contributed by atoms with Gasteiger partial charge >= 0.3 is 5.97 Å². The van der Waals surface area contributed by atoms with E-state index in [0.29, 0.717) is 12.1 Å². The van der Waals surface area contributed by atoms with E-state index in [1.165, 1.54) is 0 Å². The topological polar surface area (TPSA) is 90.5 Å². The number of aromatic nitrogens is 1. The Morgan fingerprint density at radius 3 is 2.38 bits per heavy atom. The van der Waals surface area contributed by atoms with Crippen molar-refractivity contribution in [2.45, 2.75) is 43.5 Å². The Labute approximate surface area is 170 Å². The van der Waals surface area contributed by atoms with Gasteiger partial charge in [0.25, 0.3) is 0 Å². The highest BCUT2D eigenvalue weighted by molar-refractivity contribution is 7.89. The number of sulfonamides is 1. The molecule has 0 saturated heterocycles. The molecular weight excluding hydrogens is 388 g/mol. The van der Waals surface area contributed by atoms with E-state index in [0.717, 1.165) is 26.3 Å². The molecule has 2 aromatic carbocycles. The minimum atomic E-state index is -3.97. The van der Waals surface area contributed by atoms with E-state index < -0.39 is 22.0 Å². The zero-order chi connectivity index (χ0) is 21.0. The summed E-state index contributed by atoms with van der Waals surface area (Å²) in [5, 5.41) is 10.9. The quantitative estimate of drug-likeness (QED) is 0.684. The Morgan fingerprint density at radius 2 is 1.76 bits per heavy atom. The van der Waals surface area contributed by atoms with Crippen LogP contribution in [-0.2, 0) is 26.7 Å². The van der Waals surface area contributed by atoms with Crippen LogP contribution in [-0.4, -0.2) is 35.3 Å². The highest BCUT2D eigenvalue weighted by atomic mass is 32.2. The first-order chi connectivity index (χ1) is 13.6. The monoisotopic (exact) mass is 412 g/mol. The number of carbonyl (C=O) groups is 1. The van der Waals surface area contributed by atoms with Crippen molar-refractivity contribution >= 4 is 26.9 Å². The van der Waals surface area contributed by atoms with Crippen LogP contribution in [0.5, 0.6) is 0 Å². The van der Waals surface area contributed by atoms with E-state index in [1.807, 2.05) is 24.3 Å². The largest absolute Gasteiger partial charge is 0.480 e. The molecular formula is C22H24N2O4S. The lowest BCUT2D eigenvalue weighted by Crippen LogP contribution is -2.43. The smallest absolute Gasteiger partial charge is 0.328 e. The van der Waals surface area contributed by atoms with Crippen LogP contribution in [0.1, 0.15) is 43.6 Å². The van der Waals surface area contributed by atoms with Crippen LogP contribution >= 0.6 is 0 Å². The number of aliphatic carboxylic acids is 1. The molecule has 0 aliphatic carbocycles. The predicted octanol–water partition coefficient (Wildman–Crippen LogP) is 3.84. The standard InChI is InChI=1S/C22H24N2O4S/c1-22(2,3)14-8-10-15(11-9-14)29(27,28)24-13-12-17-16-6-4-5-7-18(16)23-19(17)20(24)21(25)26/h4-11,20,23H,12-13H2,1-3H3,(H,25,26). The lowest BCUT2D eigenvalue weighted by Gasteiger charge is -2.32. The molecule has 2 N–H and O–H groups in total. The van der Waals surface area contributed by atoms with Gasteiger partial charge in [0.15, 0.2) is 6.04 Å². The lowest BCUT2D eigenvalue weighted by atomic mass is 9.87. The van der Waals surface area contributed by atoms with Gasteiger partial charge in [-0.3, -0.25) is 4.79 Å². The van der Waals surface area contributed by atoms with Crippen molar-refractivity contribution in [3.05, 3.63) is 65.4 Å². The molecule has 2 heterocycles.